The predicted molar refractivity (Wildman–Crippen MR) is 60.4 cm³/mol. The second-order valence-corrected chi connectivity index (χ2v) is 4.89. The third-order valence-corrected chi connectivity index (χ3v) is 3.54. The van der Waals surface area contributed by atoms with Gasteiger partial charge < -0.3 is 5.32 Å². The van der Waals surface area contributed by atoms with Crippen molar-refractivity contribution in [2.75, 3.05) is 0 Å². The molecule has 0 saturated carbocycles. The SMILES string of the molecule is CC1NC(=O)CC1(C)Cc1ccccc1F. The standard InChI is InChI=1S/C13H16FNO/c1-9-13(2,8-12(16)15-9)7-10-5-3-4-6-11(10)14/h3-6,9H,7-8H2,1-2H3,(H,15,16). The molecule has 0 aromatic heterocycles. The molecule has 3 heteroatoms. The summed E-state index contributed by atoms with van der Waals surface area (Å²) in [6.07, 6.45) is 1.07. The van der Waals surface area contributed by atoms with E-state index in [0.717, 1.165) is 0 Å². The molecule has 1 saturated heterocycles. The highest BCUT2D eigenvalue weighted by Gasteiger charge is 2.40. The zero-order chi connectivity index (χ0) is 11.8. The van der Waals surface area contributed by atoms with Crippen LogP contribution in [-0.4, -0.2) is 11.9 Å². The molecule has 0 radical (unpaired) electrons. The Bertz CT molecular complexity index is 418. The zero-order valence-electron chi connectivity index (χ0n) is 9.59. The van der Waals surface area contributed by atoms with Gasteiger partial charge in [0.2, 0.25) is 5.91 Å². The van der Waals surface area contributed by atoms with Gasteiger partial charge in [-0.3, -0.25) is 4.79 Å². The summed E-state index contributed by atoms with van der Waals surface area (Å²) in [5.41, 5.74) is 0.507. The van der Waals surface area contributed by atoms with E-state index in [9.17, 15) is 9.18 Å². The number of nitrogens with one attached hydrogen (secondary N) is 1. The third-order valence-electron chi connectivity index (χ3n) is 3.54. The van der Waals surface area contributed by atoms with Crippen LogP contribution in [0.5, 0.6) is 0 Å². The second-order valence-electron chi connectivity index (χ2n) is 4.89. The van der Waals surface area contributed by atoms with Gasteiger partial charge in [-0.15, -0.1) is 0 Å². The summed E-state index contributed by atoms with van der Waals surface area (Å²) < 4.78 is 13.5. The molecule has 0 aliphatic carbocycles. The van der Waals surface area contributed by atoms with E-state index >= 15 is 0 Å². The fraction of sp³-hybridized carbons (Fsp3) is 0.462. The van der Waals surface area contributed by atoms with Crippen molar-refractivity contribution in [2.24, 2.45) is 5.41 Å². The molecule has 1 aliphatic heterocycles. The van der Waals surface area contributed by atoms with E-state index in [1.54, 1.807) is 12.1 Å². The van der Waals surface area contributed by atoms with Gasteiger partial charge in [-0.1, -0.05) is 25.1 Å². The van der Waals surface area contributed by atoms with Crippen molar-refractivity contribution in [3.8, 4) is 0 Å². The molecule has 1 aromatic rings. The Balaban J connectivity index is 2.21. The highest BCUT2D eigenvalue weighted by atomic mass is 19.1. The van der Waals surface area contributed by atoms with E-state index in [2.05, 4.69) is 5.32 Å². The molecule has 1 aliphatic rings. The molecular weight excluding hydrogens is 205 g/mol. The molecule has 1 N–H and O–H groups in total. The fourth-order valence-corrected chi connectivity index (χ4v) is 2.28. The van der Waals surface area contributed by atoms with Crippen LogP contribution in [0.3, 0.4) is 0 Å². The number of halogens is 1. The molecule has 0 spiro atoms. The van der Waals surface area contributed by atoms with Crippen LogP contribution < -0.4 is 5.32 Å². The molecule has 0 bridgehead atoms. The first-order chi connectivity index (χ1) is 7.51. The van der Waals surface area contributed by atoms with Gasteiger partial charge in [0.05, 0.1) is 0 Å². The van der Waals surface area contributed by atoms with Gasteiger partial charge in [0.15, 0.2) is 0 Å². The van der Waals surface area contributed by atoms with Crippen molar-refractivity contribution in [3.05, 3.63) is 35.6 Å². The van der Waals surface area contributed by atoms with Gasteiger partial charge in [0.1, 0.15) is 5.82 Å². The maximum absolute atomic E-state index is 13.5. The first-order valence-corrected chi connectivity index (χ1v) is 5.54. The lowest BCUT2D eigenvalue weighted by Gasteiger charge is -2.27. The smallest absolute Gasteiger partial charge is 0.220 e. The molecule has 2 unspecified atom stereocenters. The lowest BCUT2D eigenvalue weighted by Crippen LogP contribution is -2.33. The fourth-order valence-electron chi connectivity index (χ4n) is 2.28. The third kappa shape index (κ3) is 1.94. The molecule has 2 nitrogen and oxygen atoms in total. The topological polar surface area (TPSA) is 29.1 Å². The lowest BCUT2D eigenvalue weighted by atomic mass is 9.78. The lowest BCUT2D eigenvalue weighted by molar-refractivity contribution is -0.119. The molecular formula is C13H16FNO. The normalized spacial score (nSPS) is 29.2. The molecule has 1 heterocycles. The summed E-state index contributed by atoms with van der Waals surface area (Å²) in [4.78, 5) is 11.3. The number of hydrogen-bond donors (Lipinski definition) is 1. The van der Waals surface area contributed by atoms with Crippen LogP contribution in [0.4, 0.5) is 4.39 Å². The van der Waals surface area contributed by atoms with Crippen LogP contribution in [0, 0.1) is 11.2 Å². The van der Waals surface area contributed by atoms with Crippen molar-refractivity contribution < 1.29 is 9.18 Å². The van der Waals surface area contributed by atoms with E-state index in [1.807, 2.05) is 19.9 Å². The van der Waals surface area contributed by atoms with Gasteiger partial charge in [-0.2, -0.15) is 0 Å². The first kappa shape index (κ1) is 11.1. The largest absolute Gasteiger partial charge is 0.353 e. The minimum atomic E-state index is -0.185. The number of amides is 1. The van der Waals surface area contributed by atoms with Crippen molar-refractivity contribution in [1.29, 1.82) is 0 Å². The van der Waals surface area contributed by atoms with Crippen LogP contribution in [0.25, 0.3) is 0 Å². The van der Waals surface area contributed by atoms with Crippen molar-refractivity contribution in [3.63, 3.8) is 0 Å². The Morgan fingerprint density at radius 1 is 1.50 bits per heavy atom. The Labute approximate surface area is 94.9 Å². The number of hydrogen-bond acceptors (Lipinski definition) is 1. The van der Waals surface area contributed by atoms with Crippen LogP contribution in [0.1, 0.15) is 25.8 Å². The summed E-state index contributed by atoms with van der Waals surface area (Å²) >= 11 is 0. The quantitative estimate of drug-likeness (QED) is 0.815. The Morgan fingerprint density at radius 3 is 2.75 bits per heavy atom. The van der Waals surface area contributed by atoms with Crippen LogP contribution in [0.15, 0.2) is 24.3 Å². The van der Waals surface area contributed by atoms with E-state index in [0.29, 0.717) is 18.4 Å². The Hall–Kier alpha value is -1.38. The Kier molecular flexibility index (Phi) is 2.70. The molecule has 1 fully saturated rings. The molecule has 1 amide bonds. The van der Waals surface area contributed by atoms with Gasteiger partial charge in [-0.05, 0) is 25.0 Å². The van der Waals surface area contributed by atoms with Crippen molar-refractivity contribution in [1.82, 2.24) is 5.32 Å². The number of benzene rings is 1. The van der Waals surface area contributed by atoms with Crippen molar-refractivity contribution >= 4 is 5.91 Å². The summed E-state index contributed by atoms with van der Waals surface area (Å²) in [5.74, 6) is -0.124. The first-order valence-electron chi connectivity index (χ1n) is 5.54. The Morgan fingerprint density at radius 2 is 2.19 bits per heavy atom. The van der Waals surface area contributed by atoms with Gasteiger partial charge >= 0.3 is 0 Å². The molecule has 86 valence electrons. The van der Waals surface area contributed by atoms with E-state index in [4.69, 9.17) is 0 Å². The number of carbonyl (C=O) groups is 1. The second kappa shape index (κ2) is 3.89. The number of carbonyl (C=O) groups excluding carboxylic acids is 1. The average Bonchev–Trinajstić information content (AvgIpc) is 2.45. The summed E-state index contributed by atoms with van der Waals surface area (Å²) in [6, 6.07) is 6.86. The van der Waals surface area contributed by atoms with Gasteiger partial charge in [-0.25, -0.2) is 4.39 Å². The molecule has 16 heavy (non-hydrogen) atoms. The minimum Gasteiger partial charge on any atom is -0.353 e. The molecule has 2 rings (SSSR count). The van der Waals surface area contributed by atoms with Crippen LogP contribution in [-0.2, 0) is 11.2 Å². The average molecular weight is 221 g/mol. The van der Waals surface area contributed by atoms with Crippen molar-refractivity contribution in [2.45, 2.75) is 32.7 Å². The van der Waals surface area contributed by atoms with E-state index in [1.165, 1.54) is 6.07 Å². The van der Waals surface area contributed by atoms with E-state index in [-0.39, 0.29) is 23.2 Å². The highest BCUT2D eigenvalue weighted by molar-refractivity contribution is 5.79. The van der Waals surface area contributed by atoms with Crippen LogP contribution in [0.2, 0.25) is 0 Å². The van der Waals surface area contributed by atoms with Gasteiger partial charge in [0, 0.05) is 17.9 Å². The molecule has 2 atom stereocenters. The van der Waals surface area contributed by atoms with E-state index < -0.39 is 0 Å². The highest BCUT2D eigenvalue weighted by Crippen LogP contribution is 2.35. The predicted octanol–water partition coefficient (Wildman–Crippen LogP) is 2.28. The molecule has 1 aromatic carbocycles. The summed E-state index contributed by atoms with van der Waals surface area (Å²) in [5, 5.41) is 2.89. The number of rotatable bonds is 2. The monoisotopic (exact) mass is 221 g/mol. The maximum atomic E-state index is 13.5. The minimum absolute atomic E-state index is 0.0614. The zero-order valence-corrected chi connectivity index (χ0v) is 9.59. The van der Waals surface area contributed by atoms with Gasteiger partial charge in [0.25, 0.3) is 0 Å². The maximum Gasteiger partial charge on any atom is 0.220 e. The van der Waals surface area contributed by atoms with Crippen LogP contribution >= 0.6 is 0 Å². The summed E-state index contributed by atoms with van der Waals surface area (Å²) in [7, 11) is 0. The summed E-state index contributed by atoms with van der Waals surface area (Å²) in [6.45, 7) is 4.01.